The first kappa shape index (κ1) is 20.4. The number of hydrogen-bond donors (Lipinski definition) is 0. The van der Waals surface area contributed by atoms with Crippen molar-refractivity contribution in [2.24, 2.45) is 0 Å². The summed E-state index contributed by atoms with van der Waals surface area (Å²) in [5.41, 5.74) is 2.07. The number of carbonyl (C=O) groups is 1. The van der Waals surface area contributed by atoms with E-state index in [0.29, 0.717) is 16.7 Å². The van der Waals surface area contributed by atoms with Crippen LogP contribution in [0.15, 0.2) is 84.9 Å². The fraction of sp³-hybridized carbons (Fsp3) is 0.0385. The maximum absolute atomic E-state index is 14.7. The van der Waals surface area contributed by atoms with E-state index < -0.39 is 23.4 Å². The second-order valence-corrected chi connectivity index (χ2v) is 7.06. The van der Waals surface area contributed by atoms with Crippen molar-refractivity contribution in [2.45, 2.75) is 6.92 Å². The molecule has 0 spiro atoms. The lowest BCUT2D eigenvalue weighted by Crippen LogP contribution is -2.09. The van der Waals surface area contributed by atoms with Crippen molar-refractivity contribution >= 4 is 5.97 Å². The lowest BCUT2D eigenvalue weighted by Gasteiger charge is -2.10. The summed E-state index contributed by atoms with van der Waals surface area (Å²) in [5, 5.41) is 0. The molecule has 154 valence electrons. The van der Waals surface area contributed by atoms with E-state index in [2.05, 4.69) is 0 Å². The number of ether oxygens (including phenoxy) is 1. The second kappa shape index (κ2) is 8.48. The molecule has 4 rings (SSSR count). The highest BCUT2D eigenvalue weighted by molar-refractivity contribution is 5.91. The molecule has 0 aromatic heterocycles. The summed E-state index contributed by atoms with van der Waals surface area (Å²) < 4.78 is 48.4. The summed E-state index contributed by atoms with van der Waals surface area (Å²) in [6.07, 6.45) is 0. The Balaban J connectivity index is 1.58. The Morgan fingerprint density at radius 1 is 0.710 bits per heavy atom. The van der Waals surface area contributed by atoms with Crippen molar-refractivity contribution < 1.29 is 22.7 Å². The van der Waals surface area contributed by atoms with Crippen LogP contribution in [-0.2, 0) is 0 Å². The first-order valence-electron chi connectivity index (χ1n) is 9.56. The molecule has 0 aliphatic heterocycles. The molecule has 0 saturated carbocycles. The molecule has 0 aliphatic carbocycles. The van der Waals surface area contributed by atoms with Gasteiger partial charge in [-0.05, 0) is 47.9 Å². The number of esters is 1. The smallest absolute Gasteiger partial charge is 0.343 e. The van der Waals surface area contributed by atoms with E-state index in [1.807, 2.05) is 0 Å². The third-order valence-corrected chi connectivity index (χ3v) is 4.89. The van der Waals surface area contributed by atoms with Crippen LogP contribution in [0.2, 0.25) is 0 Å². The predicted octanol–water partition coefficient (Wildman–Crippen LogP) is 6.97. The van der Waals surface area contributed by atoms with Crippen LogP contribution >= 0.6 is 0 Å². The molecule has 0 atom stereocenters. The highest BCUT2D eigenvalue weighted by atomic mass is 19.2. The van der Waals surface area contributed by atoms with E-state index in [1.165, 1.54) is 48.5 Å². The monoisotopic (exact) mass is 418 g/mol. The topological polar surface area (TPSA) is 26.3 Å². The maximum atomic E-state index is 14.7. The molecule has 0 saturated heterocycles. The molecule has 0 fully saturated rings. The summed E-state index contributed by atoms with van der Waals surface area (Å²) in [6, 6.07) is 21.8. The summed E-state index contributed by atoms with van der Waals surface area (Å²) in [7, 11) is 0. The van der Waals surface area contributed by atoms with Gasteiger partial charge < -0.3 is 4.74 Å². The zero-order chi connectivity index (χ0) is 22.0. The lowest BCUT2D eigenvalue weighted by atomic mass is 9.98. The number of halogens is 3. The maximum Gasteiger partial charge on any atom is 0.343 e. The minimum Gasteiger partial charge on any atom is -0.420 e. The second-order valence-electron chi connectivity index (χ2n) is 7.06. The van der Waals surface area contributed by atoms with E-state index in [4.69, 9.17) is 4.74 Å². The van der Waals surface area contributed by atoms with Crippen LogP contribution in [0.4, 0.5) is 13.2 Å². The zero-order valence-electron chi connectivity index (χ0n) is 16.5. The third kappa shape index (κ3) is 4.21. The average molecular weight is 418 g/mol. The van der Waals surface area contributed by atoms with E-state index in [1.54, 1.807) is 43.3 Å². The molecule has 31 heavy (non-hydrogen) atoms. The SMILES string of the molecule is Cc1ccc(OC(=O)c2ccc(-c3ccc(-c4ccccc4)c(F)c3F)cc2)c(F)c1. The minimum absolute atomic E-state index is 0.0710. The molecule has 0 radical (unpaired) electrons. The van der Waals surface area contributed by atoms with E-state index in [9.17, 15) is 18.0 Å². The first-order chi connectivity index (χ1) is 14.9. The Morgan fingerprint density at radius 2 is 1.29 bits per heavy atom. The standard InChI is InChI=1S/C26H17F3O2/c1-16-7-14-23(22(27)15-16)31-26(30)19-10-8-18(9-11-19)21-13-12-20(24(28)25(21)29)17-5-3-2-4-6-17/h2-15H,1H3. The lowest BCUT2D eigenvalue weighted by molar-refractivity contribution is 0.0728. The van der Waals surface area contributed by atoms with Crippen LogP contribution in [-0.4, -0.2) is 5.97 Å². The van der Waals surface area contributed by atoms with Crippen molar-refractivity contribution in [3.8, 4) is 28.0 Å². The van der Waals surface area contributed by atoms with Gasteiger partial charge >= 0.3 is 5.97 Å². The van der Waals surface area contributed by atoms with Gasteiger partial charge in [0.05, 0.1) is 5.56 Å². The summed E-state index contributed by atoms with van der Waals surface area (Å²) in [6.45, 7) is 1.72. The van der Waals surface area contributed by atoms with Gasteiger partial charge in [-0.1, -0.05) is 60.7 Å². The van der Waals surface area contributed by atoms with Crippen molar-refractivity contribution in [1.29, 1.82) is 0 Å². The molecule has 0 aliphatic rings. The highest BCUT2D eigenvalue weighted by Gasteiger charge is 2.17. The number of rotatable bonds is 4. The van der Waals surface area contributed by atoms with Crippen LogP contribution < -0.4 is 4.74 Å². The van der Waals surface area contributed by atoms with Gasteiger partial charge in [0.2, 0.25) is 0 Å². The van der Waals surface area contributed by atoms with Crippen LogP contribution in [0.5, 0.6) is 5.75 Å². The number of hydrogen-bond acceptors (Lipinski definition) is 2. The van der Waals surface area contributed by atoms with Crippen LogP contribution in [0, 0.1) is 24.4 Å². The summed E-state index contributed by atoms with van der Waals surface area (Å²) in [5.74, 6) is -3.48. The van der Waals surface area contributed by atoms with Gasteiger partial charge in [0, 0.05) is 11.1 Å². The van der Waals surface area contributed by atoms with E-state index >= 15 is 0 Å². The van der Waals surface area contributed by atoms with Gasteiger partial charge in [-0.2, -0.15) is 0 Å². The van der Waals surface area contributed by atoms with E-state index in [-0.39, 0.29) is 22.4 Å². The zero-order valence-corrected chi connectivity index (χ0v) is 16.5. The number of carbonyl (C=O) groups excluding carboxylic acids is 1. The molecular weight excluding hydrogens is 401 g/mol. The molecule has 0 heterocycles. The molecule has 5 heteroatoms. The Kier molecular flexibility index (Phi) is 5.58. The fourth-order valence-corrected chi connectivity index (χ4v) is 3.25. The molecule has 0 unspecified atom stereocenters. The van der Waals surface area contributed by atoms with Gasteiger partial charge in [0.25, 0.3) is 0 Å². The van der Waals surface area contributed by atoms with Gasteiger partial charge in [0.1, 0.15) is 0 Å². The largest absolute Gasteiger partial charge is 0.420 e. The summed E-state index contributed by atoms with van der Waals surface area (Å²) in [4.78, 5) is 12.3. The Morgan fingerprint density at radius 3 is 1.87 bits per heavy atom. The number of aryl methyl sites for hydroxylation is 1. The molecule has 4 aromatic rings. The molecule has 0 bridgehead atoms. The van der Waals surface area contributed by atoms with Gasteiger partial charge in [0.15, 0.2) is 23.2 Å². The normalized spacial score (nSPS) is 10.7. The first-order valence-corrected chi connectivity index (χ1v) is 9.56. The number of benzene rings is 4. The quantitative estimate of drug-likeness (QED) is 0.264. The predicted molar refractivity (Wildman–Crippen MR) is 113 cm³/mol. The Labute approximate surface area is 177 Å². The van der Waals surface area contributed by atoms with Gasteiger partial charge in [-0.15, -0.1) is 0 Å². The molecule has 0 N–H and O–H groups in total. The molecular formula is C26H17F3O2. The van der Waals surface area contributed by atoms with E-state index in [0.717, 1.165) is 0 Å². The average Bonchev–Trinajstić information content (AvgIpc) is 2.78. The van der Waals surface area contributed by atoms with Crippen molar-refractivity contribution in [3.63, 3.8) is 0 Å². The van der Waals surface area contributed by atoms with Crippen molar-refractivity contribution in [1.82, 2.24) is 0 Å². The van der Waals surface area contributed by atoms with Crippen LogP contribution in [0.3, 0.4) is 0 Å². The van der Waals surface area contributed by atoms with Crippen molar-refractivity contribution in [3.05, 3.63) is 114 Å². The van der Waals surface area contributed by atoms with Crippen LogP contribution in [0.25, 0.3) is 22.3 Å². The molecule has 0 amide bonds. The highest BCUT2D eigenvalue weighted by Crippen LogP contribution is 2.31. The fourth-order valence-electron chi connectivity index (χ4n) is 3.25. The minimum atomic E-state index is -0.974. The summed E-state index contributed by atoms with van der Waals surface area (Å²) >= 11 is 0. The van der Waals surface area contributed by atoms with Gasteiger partial charge in [-0.3, -0.25) is 0 Å². The molecule has 2 nitrogen and oxygen atoms in total. The Hall–Kier alpha value is -3.86. The molecule has 4 aromatic carbocycles. The van der Waals surface area contributed by atoms with Crippen molar-refractivity contribution in [2.75, 3.05) is 0 Å². The third-order valence-electron chi connectivity index (χ3n) is 4.89. The van der Waals surface area contributed by atoms with Gasteiger partial charge in [-0.25, -0.2) is 18.0 Å². The van der Waals surface area contributed by atoms with Crippen LogP contribution in [0.1, 0.15) is 15.9 Å². The Bertz CT molecular complexity index is 1250.